The summed E-state index contributed by atoms with van der Waals surface area (Å²) >= 11 is 0. The van der Waals surface area contributed by atoms with E-state index in [2.05, 4.69) is 9.68 Å². The number of aromatic nitrogens is 1. The molecule has 0 bridgehead atoms. The Morgan fingerprint density at radius 2 is 1.92 bits per heavy atom. The first kappa shape index (κ1) is 8.10. The van der Waals surface area contributed by atoms with Crippen molar-refractivity contribution in [1.29, 1.82) is 0 Å². The molecule has 0 unspecified atom stereocenters. The van der Waals surface area contributed by atoms with Crippen LogP contribution < -0.4 is 0 Å². The van der Waals surface area contributed by atoms with Crippen LogP contribution in [0.2, 0.25) is 0 Å². The van der Waals surface area contributed by atoms with Crippen LogP contribution in [0.4, 0.5) is 13.2 Å². The van der Waals surface area contributed by atoms with Crippen molar-refractivity contribution in [1.82, 2.24) is 5.16 Å². The van der Waals surface area contributed by atoms with Gasteiger partial charge in [-0.15, -0.1) is 0 Å². The van der Waals surface area contributed by atoms with E-state index >= 15 is 0 Å². The number of fused-ring (bicyclic) bond motifs is 1. The van der Waals surface area contributed by atoms with Crippen molar-refractivity contribution in [2.24, 2.45) is 0 Å². The third kappa shape index (κ3) is 0.998. The zero-order valence-corrected chi connectivity index (χ0v) is 6.57. The molecule has 2 nitrogen and oxygen atoms in total. The van der Waals surface area contributed by atoms with Crippen molar-refractivity contribution in [2.45, 2.75) is 6.92 Å². The average Bonchev–Trinajstić information content (AvgIpc) is 2.43. The van der Waals surface area contributed by atoms with E-state index < -0.39 is 17.5 Å². The van der Waals surface area contributed by atoms with Crippen molar-refractivity contribution < 1.29 is 17.7 Å². The molecule has 2 aromatic rings. The number of hydrogen-bond acceptors (Lipinski definition) is 2. The first-order chi connectivity index (χ1) is 6.11. The van der Waals surface area contributed by atoms with Gasteiger partial charge < -0.3 is 4.52 Å². The maximum atomic E-state index is 13.0. The highest BCUT2D eigenvalue weighted by Crippen LogP contribution is 2.25. The topological polar surface area (TPSA) is 26.0 Å². The van der Waals surface area contributed by atoms with Gasteiger partial charge in [-0.2, -0.15) is 0 Å². The van der Waals surface area contributed by atoms with Crippen LogP contribution in [0, 0.1) is 24.4 Å². The van der Waals surface area contributed by atoms with E-state index in [1.807, 2.05) is 0 Å². The fourth-order valence-electron chi connectivity index (χ4n) is 1.15. The summed E-state index contributed by atoms with van der Waals surface area (Å²) in [5, 5.41) is 3.28. The molecule has 0 N–H and O–H groups in total. The number of halogens is 3. The van der Waals surface area contributed by atoms with Gasteiger partial charge in [0.15, 0.2) is 23.0 Å². The maximum Gasteiger partial charge on any atom is 0.195 e. The molecule has 0 aliphatic carbocycles. The number of benzene rings is 1. The van der Waals surface area contributed by atoms with Crippen LogP contribution in [0.3, 0.4) is 0 Å². The molecular weight excluding hydrogens is 183 g/mol. The SMILES string of the molecule is Cc1noc2cc(F)c(F)c(F)c12. The number of nitrogens with zero attached hydrogens (tertiary/aromatic N) is 1. The summed E-state index contributed by atoms with van der Waals surface area (Å²) in [6.45, 7) is 1.45. The molecule has 2 rings (SSSR count). The van der Waals surface area contributed by atoms with Gasteiger partial charge in [0.05, 0.1) is 11.1 Å². The van der Waals surface area contributed by atoms with E-state index in [0.717, 1.165) is 6.07 Å². The Bertz CT molecular complexity index is 478. The molecule has 5 heteroatoms. The normalized spacial score (nSPS) is 11.1. The molecule has 1 aromatic carbocycles. The highest BCUT2D eigenvalue weighted by Gasteiger charge is 2.18. The molecule has 0 amide bonds. The van der Waals surface area contributed by atoms with Crippen LogP contribution >= 0.6 is 0 Å². The van der Waals surface area contributed by atoms with Crippen LogP contribution in [0.1, 0.15) is 5.69 Å². The van der Waals surface area contributed by atoms with Crippen molar-refractivity contribution >= 4 is 11.0 Å². The summed E-state index contributed by atoms with van der Waals surface area (Å²) < 4.78 is 42.9. The smallest absolute Gasteiger partial charge is 0.195 e. The second-order valence-electron chi connectivity index (χ2n) is 2.63. The highest BCUT2D eigenvalue weighted by atomic mass is 19.2. The minimum Gasteiger partial charge on any atom is -0.356 e. The summed E-state index contributed by atoms with van der Waals surface area (Å²) in [6, 6.07) is 0.772. The molecule has 0 saturated heterocycles. The fraction of sp³-hybridized carbons (Fsp3) is 0.125. The Kier molecular flexibility index (Phi) is 1.55. The van der Waals surface area contributed by atoms with Crippen molar-refractivity contribution in [3.63, 3.8) is 0 Å². The molecule has 0 saturated carbocycles. The lowest BCUT2D eigenvalue weighted by atomic mass is 10.2. The fourth-order valence-corrected chi connectivity index (χ4v) is 1.15. The summed E-state index contributed by atoms with van der Waals surface area (Å²) in [5.74, 6) is -4.03. The predicted molar refractivity (Wildman–Crippen MR) is 38.6 cm³/mol. The van der Waals surface area contributed by atoms with Crippen LogP contribution in [0.5, 0.6) is 0 Å². The Hall–Kier alpha value is -1.52. The van der Waals surface area contributed by atoms with Gasteiger partial charge in [-0.25, -0.2) is 13.2 Å². The summed E-state index contributed by atoms with van der Waals surface area (Å²) in [4.78, 5) is 0. The lowest BCUT2D eigenvalue weighted by molar-refractivity contribution is 0.437. The minimum atomic E-state index is -1.50. The molecule has 1 heterocycles. The first-order valence-electron chi connectivity index (χ1n) is 3.50. The van der Waals surface area contributed by atoms with Gasteiger partial charge in [-0.05, 0) is 6.92 Å². The van der Waals surface area contributed by atoms with E-state index in [1.165, 1.54) is 6.92 Å². The van der Waals surface area contributed by atoms with E-state index in [0.29, 0.717) is 0 Å². The van der Waals surface area contributed by atoms with Crippen molar-refractivity contribution in [2.75, 3.05) is 0 Å². The van der Waals surface area contributed by atoms with Gasteiger partial charge in [0, 0.05) is 6.07 Å². The molecule has 0 aliphatic rings. The van der Waals surface area contributed by atoms with Gasteiger partial charge in [0.1, 0.15) is 0 Å². The zero-order chi connectivity index (χ0) is 9.59. The zero-order valence-electron chi connectivity index (χ0n) is 6.57. The lowest BCUT2D eigenvalue weighted by Gasteiger charge is -1.94. The Morgan fingerprint density at radius 1 is 1.23 bits per heavy atom. The first-order valence-corrected chi connectivity index (χ1v) is 3.50. The molecule has 1 aromatic heterocycles. The maximum absolute atomic E-state index is 13.0. The van der Waals surface area contributed by atoms with E-state index in [4.69, 9.17) is 0 Å². The third-order valence-electron chi connectivity index (χ3n) is 1.77. The van der Waals surface area contributed by atoms with Crippen LogP contribution in [0.25, 0.3) is 11.0 Å². The summed E-state index contributed by atoms with van der Waals surface area (Å²) in [6.07, 6.45) is 0. The number of aryl methyl sites for hydroxylation is 1. The monoisotopic (exact) mass is 187 g/mol. The molecule has 0 atom stereocenters. The predicted octanol–water partition coefficient (Wildman–Crippen LogP) is 2.55. The van der Waals surface area contributed by atoms with Gasteiger partial charge in [-0.3, -0.25) is 0 Å². The number of rotatable bonds is 0. The van der Waals surface area contributed by atoms with E-state index in [-0.39, 0.29) is 16.7 Å². The molecule has 0 aliphatic heterocycles. The second-order valence-corrected chi connectivity index (χ2v) is 2.63. The van der Waals surface area contributed by atoms with Crippen molar-refractivity contribution in [3.05, 3.63) is 29.2 Å². The summed E-state index contributed by atoms with van der Waals surface area (Å²) in [7, 11) is 0. The third-order valence-corrected chi connectivity index (χ3v) is 1.77. The van der Waals surface area contributed by atoms with Crippen LogP contribution in [0.15, 0.2) is 10.6 Å². The molecule has 68 valence electrons. The van der Waals surface area contributed by atoms with Gasteiger partial charge >= 0.3 is 0 Å². The van der Waals surface area contributed by atoms with E-state index in [1.54, 1.807) is 0 Å². The second kappa shape index (κ2) is 2.48. The Labute approximate surface area is 70.9 Å². The molecule has 13 heavy (non-hydrogen) atoms. The van der Waals surface area contributed by atoms with Gasteiger partial charge in [0.25, 0.3) is 0 Å². The Morgan fingerprint density at radius 3 is 2.62 bits per heavy atom. The van der Waals surface area contributed by atoms with Crippen LogP contribution in [-0.2, 0) is 0 Å². The Balaban J connectivity index is 2.97. The minimum absolute atomic E-state index is 0.0890. The summed E-state index contributed by atoms with van der Waals surface area (Å²) in [5.41, 5.74) is 0.111. The highest BCUT2D eigenvalue weighted by molar-refractivity contribution is 5.80. The van der Waals surface area contributed by atoms with Gasteiger partial charge in [-0.1, -0.05) is 5.16 Å². The molecular formula is C8H4F3NO. The number of hydrogen-bond donors (Lipinski definition) is 0. The standard InChI is InChI=1S/C8H4F3NO/c1-3-6-5(13-12-3)2-4(9)7(10)8(6)11/h2H,1H3. The molecule has 0 radical (unpaired) electrons. The lowest BCUT2D eigenvalue weighted by Crippen LogP contribution is -1.90. The average molecular weight is 187 g/mol. The molecule has 0 spiro atoms. The van der Waals surface area contributed by atoms with E-state index in [9.17, 15) is 13.2 Å². The molecule has 0 fully saturated rings. The van der Waals surface area contributed by atoms with Crippen molar-refractivity contribution in [3.8, 4) is 0 Å². The quantitative estimate of drug-likeness (QED) is 0.592. The van der Waals surface area contributed by atoms with Crippen LogP contribution in [-0.4, -0.2) is 5.16 Å². The van der Waals surface area contributed by atoms with Gasteiger partial charge in [0.2, 0.25) is 0 Å². The largest absolute Gasteiger partial charge is 0.356 e.